The third-order valence-electron chi connectivity index (χ3n) is 1.68. The lowest BCUT2D eigenvalue weighted by Gasteiger charge is -2.18. The van der Waals surface area contributed by atoms with Gasteiger partial charge in [0.25, 0.3) is 0 Å². The van der Waals surface area contributed by atoms with E-state index in [1.54, 1.807) is 6.92 Å². The van der Waals surface area contributed by atoms with Crippen LogP contribution in [0.1, 0.15) is 19.8 Å². The van der Waals surface area contributed by atoms with Crippen LogP contribution in [0, 0.1) is 0 Å². The highest BCUT2D eigenvalue weighted by Crippen LogP contribution is 2.23. The number of hydrogen-bond acceptors (Lipinski definition) is 4. The molecule has 4 heteroatoms. The molecule has 0 bridgehead atoms. The summed E-state index contributed by atoms with van der Waals surface area (Å²) in [6.07, 6.45) is 1.17. The lowest BCUT2D eigenvalue weighted by atomic mass is 10.2. The van der Waals surface area contributed by atoms with E-state index in [0.717, 1.165) is 0 Å². The molecule has 1 aliphatic rings. The molecule has 1 fully saturated rings. The van der Waals surface area contributed by atoms with E-state index in [1.165, 1.54) is 11.8 Å². The number of carbonyl (C=O) groups is 2. The Morgan fingerprint density at radius 1 is 1.75 bits per heavy atom. The first-order valence-electron chi connectivity index (χ1n) is 4.04. The lowest BCUT2D eigenvalue weighted by Crippen LogP contribution is -2.26. The number of ketones is 1. The maximum Gasteiger partial charge on any atom is 0.319 e. The van der Waals surface area contributed by atoms with Gasteiger partial charge in [-0.2, -0.15) is 0 Å². The van der Waals surface area contributed by atoms with Gasteiger partial charge in [-0.05, 0) is 13.3 Å². The summed E-state index contributed by atoms with van der Waals surface area (Å²) in [7, 11) is 0. The second kappa shape index (κ2) is 4.50. The Balaban J connectivity index is 2.33. The molecule has 0 spiro atoms. The molecule has 12 heavy (non-hydrogen) atoms. The van der Waals surface area contributed by atoms with Crippen molar-refractivity contribution in [3.05, 3.63) is 0 Å². The summed E-state index contributed by atoms with van der Waals surface area (Å²) in [5, 5.41) is -0.109. The number of esters is 1. The molecule has 68 valence electrons. The van der Waals surface area contributed by atoms with Gasteiger partial charge in [0.15, 0.2) is 0 Å². The first-order chi connectivity index (χ1) is 5.74. The average molecular weight is 188 g/mol. The predicted molar refractivity (Wildman–Crippen MR) is 47.1 cm³/mol. The summed E-state index contributed by atoms with van der Waals surface area (Å²) in [6.45, 7) is 2.21. The van der Waals surface area contributed by atoms with Crippen LogP contribution in [0.5, 0.6) is 0 Å². The van der Waals surface area contributed by atoms with Crippen LogP contribution in [0.25, 0.3) is 0 Å². The summed E-state index contributed by atoms with van der Waals surface area (Å²) < 4.78 is 4.85. The SMILES string of the molecule is CCOC(=O)C1CCC(=O)CS1. The van der Waals surface area contributed by atoms with E-state index < -0.39 is 0 Å². The van der Waals surface area contributed by atoms with Gasteiger partial charge in [-0.1, -0.05) is 0 Å². The van der Waals surface area contributed by atoms with Crippen molar-refractivity contribution in [3.8, 4) is 0 Å². The highest BCUT2D eigenvalue weighted by molar-refractivity contribution is 8.01. The average Bonchev–Trinajstić information content (AvgIpc) is 2.06. The van der Waals surface area contributed by atoms with Crippen molar-refractivity contribution in [1.82, 2.24) is 0 Å². The normalized spacial score (nSPS) is 23.8. The Morgan fingerprint density at radius 3 is 3.00 bits per heavy atom. The zero-order valence-corrected chi connectivity index (χ0v) is 7.86. The van der Waals surface area contributed by atoms with Crippen LogP contribution in [-0.2, 0) is 14.3 Å². The Kier molecular flexibility index (Phi) is 3.59. The molecule has 0 aromatic heterocycles. The fraction of sp³-hybridized carbons (Fsp3) is 0.750. The van der Waals surface area contributed by atoms with Gasteiger partial charge in [0.05, 0.1) is 12.4 Å². The Bertz CT molecular complexity index is 181. The second-order valence-corrected chi connectivity index (χ2v) is 3.82. The lowest BCUT2D eigenvalue weighted by molar-refractivity contribution is -0.142. The van der Waals surface area contributed by atoms with Crippen LogP contribution in [-0.4, -0.2) is 29.4 Å². The van der Waals surface area contributed by atoms with Crippen molar-refractivity contribution in [1.29, 1.82) is 0 Å². The van der Waals surface area contributed by atoms with Crippen molar-refractivity contribution >= 4 is 23.5 Å². The van der Waals surface area contributed by atoms with E-state index in [4.69, 9.17) is 4.74 Å². The molecule has 0 radical (unpaired) electrons. The minimum Gasteiger partial charge on any atom is -0.465 e. The molecular weight excluding hydrogens is 176 g/mol. The molecule has 1 rings (SSSR count). The highest BCUT2D eigenvalue weighted by atomic mass is 32.2. The van der Waals surface area contributed by atoms with Crippen molar-refractivity contribution in [3.63, 3.8) is 0 Å². The van der Waals surface area contributed by atoms with Crippen LogP contribution in [0.4, 0.5) is 0 Å². The highest BCUT2D eigenvalue weighted by Gasteiger charge is 2.26. The van der Waals surface area contributed by atoms with E-state index >= 15 is 0 Å². The van der Waals surface area contributed by atoms with Crippen molar-refractivity contribution in [2.24, 2.45) is 0 Å². The molecule has 1 unspecified atom stereocenters. The predicted octanol–water partition coefficient (Wildman–Crippen LogP) is 1.01. The number of ether oxygens (including phenoxy) is 1. The number of hydrogen-bond donors (Lipinski definition) is 0. The van der Waals surface area contributed by atoms with Crippen molar-refractivity contribution in [2.75, 3.05) is 12.4 Å². The van der Waals surface area contributed by atoms with Gasteiger partial charge in [0, 0.05) is 6.42 Å². The van der Waals surface area contributed by atoms with Crippen molar-refractivity contribution < 1.29 is 14.3 Å². The summed E-state index contributed by atoms with van der Waals surface area (Å²) >= 11 is 1.40. The van der Waals surface area contributed by atoms with Gasteiger partial charge in [0.2, 0.25) is 0 Å². The fourth-order valence-corrected chi connectivity index (χ4v) is 2.08. The molecule has 0 aliphatic carbocycles. The van der Waals surface area contributed by atoms with E-state index in [1.807, 2.05) is 0 Å². The largest absolute Gasteiger partial charge is 0.465 e. The first kappa shape index (κ1) is 9.58. The summed E-state index contributed by atoms with van der Waals surface area (Å²) in [6, 6.07) is 0. The van der Waals surface area contributed by atoms with E-state index in [-0.39, 0.29) is 17.0 Å². The molecule has 1 saturated heterocycles. The quantitative estimate of drug-likeness (QED) is 0.607. The maximum absolute atomic E-state index is 11.2. The van der Waals surface area contributed by atoms with Crippen molar-refractivity contribution in [2.45, 2.75) is 25.0 Å². The molecule has 1 aliphatic heterocycles. The molecule has 0 amide bonds. The Labute approximate surface area is 75.8 Å². The van der Waals surface area contributed by atoms with Crippen LogP contribution in [0.3, 0.4) is 0 Å². The molecule has 1 heterocycles. The van der Waals surface area contributed by atoms with Gasteiger partial charge < -0.3 is 4.74 Å². The van der Waals surface area contributed by atoms with Gasteiger partial charge >= 0.3 is 5.97 Å². The second-order valence-electron chi connectivity index (χ2n) is 2.63. The van der Waals surface area contributed by atoms with E-state index in [0.29, 0.717) is 25.2 Å². The van der Waals surface area contributed by atoms with Gasteiger partial charge in [0.1, 0.15) is 11.0 Å². The van der Waals surface area contributed by atoms with Crippen LogP contribution >= 0.6 is 11.8 Å². The maximum atomic E-state index is 11.2. The monoisotopic (exact) mass is 188 g/mol. The van der Waals surface area contributed by atoms with E-state index in [2.05, 4.69) is 0 Å². The minimum atomic E-state index is -0.171. The molecule has 0 saturated carbocycles. The summed E-state index contributed by atoms with van der Waals surface area (Å²) in [5.74, 6) is 0.527. The molecule has 0 aromatic rings. The first-order valence-corrected chi connectivity index (χ1v) is 5.09. The molecule has 0 aromatic carbocycles. The zero-order valence-electron chi connectivity index (χ0n) is 7.04. The van der Waals surface area contributed by atoms with Crippen LogP contribution in [0.2, 0.25) is 0 Å². The number of Topliss-reactive ketones (excluding diaryl/α,β-unsaturated/α-hetero) is 1. The van der Waals surface area contributed by atoms with Gasteiger partial charge in [-0.15, -0.1) is 11.8 Å². The molecular formula is C8H12O3S. The number of rotatable bonds is 2. The van der Waals surface area contributed by atoms with Crippen LogP contribution in [0.15, 0.2) is 0 Å². The van der Waals surface area contributed by atoms with Gasteiger partial charge in [-0.3, -0.25) is 9.59 Å². The summed E-state index contributed by atoms with van der Waals surface area (Å²) in [5.41, 5.74) is 0. The standard InChI is InChI=1S/C8H12O3S/c1-2-11-8(10)7-4-3-6(9)5-12-7/h7H,2-5H2,1H3. The Morgan fingerprint density at radius 2 is 2.50 bits per heavy atom. The molecule has 0 N–H and O–H groups in total. The summed E-state index contributed by atoms with van der Waals surface area (Å²) in [4.78, 5) is 22.0. The topological polar surface area (TPSA) is 43.4 Å². The minimum absolute atomic E-state index is 0.109. The fourth-order valence-electron chi connectivity index (χ4n) is 1.06. The van der Waals surface area contributed by atoms with Crippen LogP contribution < -0.4 is 0 Å². The number of carbonyl (C=O) groups excluding carboxylic acids is 2. The molecule has 1 atom stereocenters. The van der Waals surface area contributed by atoms with E-state index in [9.17, 15) is 9.59 Å². The number of thioether (sulfide) groups is 1. The third-order valence-corrected chi connectivity index (χ3v) is 3.00. The third kappa shape index (κ3) is 2.52. The smallest absolute Gasteiger partial charge is 0.319 e. The molecule has 3 nitrogen and oxygen atoms in total. The van der Waals surface area contributed by atoms with Gasteiger partial charge in [-0.25, -0.2) is 0 Å². The Hall–Kier alpha value is -0.510. The zero-order chi connectivity index (χ0) is 8.97.